The van der Waals surface area contributed by atoms with Gasteiger partial charge in [-0.25, -0.2) is 0 Å². The maximum absolute atomic E-state index is 6.24. The Bertz CT molecular complexity index is 435. The highest BCUT2D eigenvalue weighted by atomic mass is 32.2. The molecule has 0 amide bonds. The number of hydrogen-bond donors (Lipinski definition) is 1. The summed E-state index contributed by atoms with van der Waals surface area (Å²) in [5.41, 5.74) is 6.24. The molecule has 4 atom stereocenters. The second kappa shape index (κ2) is 8.94. The summed E-state index contributed by atoms with van der Waals surface area (Å²) in [5, 5.41) is 0. The minimum atomic E-state index is 0.310. The van der Waals surface area contributed by atoms with E-state index in [0.29, 0.717) is 10.8 Å². The van der Waals surface area contributed by atoms with Crippen LogP contribution in [-0.4, -0.2) is 16.5 Å². The smallest absolute Gasteiger partial charge is 0.0282 e. The van der Waals surface area contributed by atoms with Gasteiger partial charge in [-0.1, -0.05) is 43.6 Å². The Labute approximate surface area is 153 Å². The summed E-state index contributed by atoms with van der Waals surface area (Å²) >= 11 is 2.29. The Kier molecular flexibility index (Phi) is 6.92. The molecule has 2 heteroatoms. The molecular weight excluding hydrogens is 310 g/mol. The van der Waals surface area contributed by atoms with Crippen LogP contribution in [0.5, 0.6) is 0 Å². The highest BCUT2D eigenvalue weighted by Gasteiger charge is 2.50. The van der Waals surface area contributed by atoms with Gasteiger partial charge in [0.05, 0.1) is 0 Å². The van der Waals surface area contributed by atoms with Gasteiger partial charge in [-0.2, -0.15) is 11.8 Å². The summed E-state index contributed by atoms with van der Waals surface area (Å²) in [7, 11) is 0. The van der Waals surface area contributed by atoms with Crippen molar-refractivity contribution in [3.8, 4) is 0 Å². The van der Waals surface area contributed by atoms with Crippen molar-refractivity contribution in [2.24, 2.45) is 23.5 Å². The van der Waals surface area contributed by atoms with Crippen LogP contribution in [0, 0.1) is 17.8 Å². The molecule has 0 spiro atoms. The van der Waals surface area contributed by atoms with Gasteiger partial charge in [0.1, 0.15) is 0 Å². The molecule has 4 unspecified atom stereocenters. The Morgan fingerprint density at radius 1 is 0.958 bits per heavy atom. The molecule has 0 heterocycles. The molecule has 0 aromatic heterocycles. The van der Waals surface area contributed by atoms with Gasteiger partial charge in [0.2, 0.25) is 0 Å². The van der Waals surface area contributed by atoms with E-state index >= 15 is 0 Å². The average molecular weight is 348 g/mol. The van der Waals surface area contributed by atoms with Crippen molar-refractivity contribution in [2.75, 3.05) is 5.75 Å². The molecule has 3 aliphatic rings. The summed E-state index contributed by atoms with van der Waals surface area (Å²) in [6, 6.07) is 0.310. The van der Waals surface area contributed by atoms with Crippen molar-refractivity contribution in [3.05, 3.63) is 24.3 Å². The van der Waals surface area contributed by atoms with Crippen molar-refractivity contribution in [1.29, 1.82) is 0 Å². The summed E-state index contributed by atoms with van der Waals surface area (Å²) in [6.07, 6.45) is 25.3. The topological polar surface area (TPSA) is 26.0 Å². The lowest BCUT2D eigenvalue weighted by molar-refractivity contribution is 0.152. The first-order valence-corrected chi connectivity index (χ1v) is 11.4. The number of allylic oxidation sites excluding steroid dienone is 4. The Morgan fingerprint density at radius 3 is 2.42 bits per heavy atom. The largest absolute Gasteiger partial charge is 0.327 e. The molecule has 0 aliphatic heterocycles. The monoisotopic (exact) mass is 347 g/mol. The van der Waals surface area contributed by atoms with E-state index in [-0.39, 0.29) is 0 Å². The SMILES string of the molecule is CC(N)CSC(C1C=CCCC1)(C1CC=CCC1)C1CCCCC1. The van der Waals surface area contributed by atoms with Gasteiger partial charge in [-0.15, -0.1) is 0 Å². The van der Waals surface area contributed by atoms with E-state index in [4.69, 9.17) is 5.73 Å². The highest BCUT2D eigenvalue weighted by Crippen LogP contribution is 2.56. The molecule has 3 aliphatic carbocycles. The number of hydrogen-bond acceptors (Lipinski definition) is 2. The maximum Gasteiger partial charge on any atom is 0.0282 e. The fourth-order valence-electron chi connectivity index (χ4n) is 5.50. The van der Waals surface area contributed by atoms with E-state index in [1.165, 1.54) is 70.6 Å². The third-order valence-electron chi connectivity index (χ3n) is 6.58. The summed E-state index contributed by atoms with van der Waals surface area (Å²) < 4.78 is 0.440. The molecule has 0 aromatic rings. The number of nitrogens with two attached hydrogens (primary N) is 1. The van der Waals surface area contributed by atoms with Crippen LogP contribution in [-0.2, 0) is 0 Å². The lowest BCUT2D eigenvalue weighted by atomic mass is 9.63. The van der Waals surface area contributed by atoms with E-state index in [2.05, 4.69) is 43.0 Å². The fraction of sp³-hybridized carbons (Fsp3) is 0.818. The molecule has 0 aromatic carbocycles. The van der Waals surface area contributed by atoms with Crippen molar-refractivity contribution in [1.82, 2.24) is 0 Å². The predicted octanol–water partition coefficient (Wildman–Crippen LogP) is 6.10. The first-order valence-electron chi connectivity index (χ1n) is 10.4. The fourth-order valence-corrected chi connectivity index (χ4v) is 7.39. The Morgan fingerprint density at radius 2 is 1.79 bits per heavy atom. The third kappa shape index (κ3) is 4.12. The number of rotatable bonds is 6. The lowest BCUT2D eigenvalue weighted by Gasteiger charge is -2.53. The summed E-state index contributed by atoms with van der Waals surface area (Å²) in [6.45, 7) is 2.19. The zero-order valence-electron chi connectivity index (χ0n) is 15.6. The molecule has 0 bridgehead atoms. The maximum atomic E-state index is 6.24. The van der Waals surface area contributed by atoms with Crippen molar-refractivity contribution < 1.29 is 0 Å². The second-order valence-corrected chi connectivity index (χ2v) is 9.75. The van der Waals surface area contributed by atoms with E-state index in [1.54, 1.807) is 0 Å². The second-order valence-electron chi connectivity index (χ2n) is 8.42. The highest BCUT2D eigenvalue weighted by molar-refractivity contribution is 8.00. The molecule has 1 nitrogen and oxygen atoms in total. The summed E-state index contributed by atoms with van der Waals surface area (Å²) in [4.78, 5) is 0. The van der Waals surface area contributed by atoms with Gasteiger partial charge < -0.3 is 5.73 Å². The van der Waals surface area contributed by atoms with Gasteiger partial charge >= 0.3 is 0 Å². The molecule has 24 heavy (non-hydrogen) atoms. The van der Waals surface area contributed by atoms with E-state index < -0.39 is 0 Å². The third-order valence-corrected chi connectivity index (χ3v) is 8.74. The van der Waals surface area contributed by atoms with Crippen molar-refractivity contribution in [3.63, 3.8) is 0 Å². The van der Waals surface area contributed by atoms with Crippen molar-refractivity contribution in [2.45, 2.75) is 88.3 Å². The van der Waals surface area contributed by atoms with Crippen LogP contribution in [0.15, 0.2) is 24.3 Å². The minimum absolute atomic E-state index is 0.310. The Hall–Kier alpha value is -0.210. The van der Waals surface area contributed by atoms with Gasteiger partial charge in [-0.3, -0.25) is 0 Å². The Balaban J connectivity index is 1.94. The van der Waals surface area contributed by atoms with Crippen LogP contribution >= 0.6 is 11.8 Å². The molecule has 0 radical (unpaired) electrons. The molecule has 2 N–H and O–H groups in total. The quantitative estimate of drug-likeness (QED) is 0.588. The van der Waals surface area contributed by atoms with Crippen LogP contribution in [0.25, 0.3) is 0 Å². The molecular formula is C22H37NS. The van der Waals surface area contributed by atoms with Crippen LogP contribution < -0.4 is 5.73 Å². The molecule has 0 saturated heterocycles. The van der Waals surface area contributed by atoms with Gasteiger partial charge in [0.25, 0.3) is 0 Å². The van der Waals surface area contributed by atoms with Crippen molar-refractivity contribution >= 4 is 11.8 Å². The molecule has 3 rings (SSSR count). The zero-order chi connectivity index (χ0) is 16.8. The van der Waals surface area contributed by atoms with Crippen LogP contribution in [0.2, 0.25) is 0 Å². The summed E-state index contributed by atoms with van der Waals surface area (Å²) in [5.74, 6) is 3.65. The van der Waals surface area contributed by atoms with E-state index in [0.717, 1.165) is 23.5 Å². The van der Waals surface area contributed by atoms with Gasteiger partial charge in [-0.05, 0) is 76.0 Å². The normalized spacial score (nSPS) is 32.4. The standard InChI is InChI=1S/C22H37NS/c1-18(23)17-24-22(19-11-5-2-6-12-19,20-13-7-3-8-14-20)21-15-9-4-10-16-21/h2,5,7,13,18-21H,3-4,6,8-12,14-17,23H2,1H3. The van der Waals surface area contributed by atoms with Gasteiger partial charge in [0, 0.05) is 16.5 Å². The molecule has 1 saturated carbocycles. The molecule has 136 valence electrons. The predicted molar refractivity (Wildman–Crippen MR) is 108 cm³/mol. The zero-order valence-corrected chi connectivity index (χ0v) is 16.4. The van der Waals surface area contributed by atoms with Gasteiger partial charge in [0.15, 0.2) is 0 Å². The first-order chi connectivity index (χ1) is 11.7. The van der Waals surface area contributed by atoms with E-state index in [1.807, 2.05) is 0 Å². The van der Waals surface area contributed by atoms with Crippen LogP contribution in [0.3, 0.4) is 0 Å². The number of thioether (sulfide) groups is 1. The minimum Gasteiger partial charge on any atom is -0.327 e. The average Bonchev–Trinajstić information content (AvgIpc) is 2.65. The first kappa shape index (κ1) is 18.6. The van der Waals surface area contributed by atoms with E-state index in [9.17, 15) is 0 Å². The lowest BCUT2D eigenvalue weighted by Crippen LogP contribution is -2.50. The van der Waals surface area contributed by atoms with Crippen LogP contribution in [0.4, 0.5) is 0 Å². The molecule has 1 fully saturated rings. The van der Waals surface area contributed by atoms with Crippen LogP contribution in [0.1, 0.15) is 77.6 Å².